The highest BCUT2D eigenvalue weighted by molar-refractivity contribution is 7.93. The van der Waals surface area contributed by atoms with Gasteiger partial charge in [0.2, 0.25) is 0 Å². The van der Waals surface area contributed by atoms with Gasteiger partial charge in [-0.25, -0.2) is 4.68 Å². The molecule has 0 amide bonds. The number of hydrogen-bond donors (Lipinski definition) is 1. The molecule has 1 saturated heterocycles. The second-order valence-electron chi connectivity index (χ2n) is 3.03. The van der Waals surface area contributed by atoms with Gasteiger partial charge >= 0.3 is 0 Å². The van der Waals surface area contributed by atoms with Crippen LogP contribution in [0.4, 0.5) is 0 Å². The fourth-order valence-electron chi connectivity index (χ4n) is 1.51. The molecule has 5 heteroatoms. The van der Waals surface area contributed by atoms with Crippen LogP contribution in [0.25, 0.3) is 0 Å². The summed E-state index contributed by atoms with van der Waals surface area (Å²) in [6, 6.07) is 1.78. The molecule has 0 aliphatic carbocycles. The van der Waals surface area contributed by atoms with Crippen LogP contribution in [0.1, 0.15) is 25.5 Å². The summed E-state index contributed by atoms with van der Waals surface area (Å²) in [5, 5.41) is 4.86. The van der Waals surface area contributed by atoms with Gasteiger partial charge in [-0.15, -0.1) is 0 Å². The van der Waals surface area contributed by atoms with Crippen molar-refractivity contribution >= 4 is 12.0 Å². The van der Waals surface area contributed by atoms with Gasteiger partial charge in [0.05, 0.1) is 6.20 Å². The summed E-state index contributed by atoms with van der Waals surface area (Å²) in [5.74, 6) is 0. The molecular weight excluding hydrogens is 188 g/mol. The van der Waals surface area contributed by atoms with Crippen molar-refractivity contribution in [1.82, 2.24) is 9.78 Å². The van der Waals surface area contributed by atoms with Crippen LogP contribution in [-0.4, -0.2) is 20.9 Å². The highest BCUT2D eigenvalue weighted by Gasteiger charge is 2.18. The van der Waals surface area contributed by atoms with Crippen LogP contribution >= 0.6 is 12.0 Å². The summed E-state index contributed by atoms with van der Waals surface area (Å²) in [5.41, 5.74) is 0. The fraction of sp³-hybridized carbons (Fsp3) is 0.625. The Morgan fingerprint density at radius 1 is 1.62 bits per heavy atom. The second kappa shape index (κ2) is 4.13. The Morgan fingerprint density at radius 2 is 2.54 bits per heavy atom. The Morgan fingerprint density at radius 3 is 3.23 bits per heavy atom. The maximum atomic E-state index is 8.94. The smallest absolute Gasteiger partial charge is 0.151 e. The molecular formula is C8H12N2O2S. The highest BCUT2D eigenvalue weighted by Crippen LogP contribution is 2.26. The first-order chi connectivity index (χ1) is 6.42. The van der Waals surface area contributed by atoms with Crippen LogP contribution in [0.15, 0.2) is 17.3 Å². The van der Waals surface area contributed by atoms with Crippen molar-refractivity contribution < 1.29 is 9.29 Å². The number of aromatic nitrogens is 2. The van der Waals surface area contributed by atoms with Crippen LogP contribution < -0.4 is 0 Å². The van der Waals surface area contributed by atoms with E-state index in [0.717, 1.165) is 24.5 Å². The van der Waals surface area contributed by atoms with E-state index in [1.165, 1.54) is 6.42 Å². The Kier molecular flexibility index (Phi) is 2.87. The SMILES string of the molecule is OSc1ccnn1C1CCCCO1. The Labute approximate surface area is 81.1 Å². The van der Waals surface area contributed by atoms with Crippen molar-refractivity contribution in [1.29, 1.82) is 0 Å². The van der Waals surface area contributed by atoms with Gasteiger partial charge in [0, 0.05) is 18.6 Å². The fourth-order valence-corrected chi connectivity index (χ4v) is 1.88. The van der Waals surface area contributed by atoms with E-state index in [-0.39, 0.29) is 6.23 Å². The summed E-state index contributed by atoms with van der Waals surface area (Å²) in [6.45, 7) is 0.792. The summed E-state index contributed by atoms with van der Waals surface area (Å²) in [6.07, 6.45) is 4.96. The molecule has 1 unspecified atom stereocenters. The summed E-state index contributed by atoms with van der Waals surface area (Å²) in [7, 11) is 0. The normalized spacial score (nSPS) is 23.3. The summed E-state index contributed by atoms with van der Waals surface area (Å²) < 4.78 is 16.2. The lowest BCUT2D eigenvalue weighted by Crippen LogP contribution is -2.19. The van der Waals surface area contributed by atoms with E-state index < -0.39 is 0 Å². The van der Waals surface area contributed by atoms with Gasteiger partial charge in [-0.3, -0.25) is 0 Å². The molecule has 2 rings (SSSR count). The summed E-state index contributed by atoms with van der Waals surface area (Å²) >= 11 is 0.716. The van der Waals surface area contributed by atoms with Gasteiger partial charge < -0.3 is 9.29 Å². The first kappa shape index (κ1) is 9.05. The Balaban J connectivity index is 2.13. The molecule has 0 aromatic carbocycles. The van der Waals surface area contributed by atoms with E-state index in [1.54, 1.807) is 16.9 Å². The van der Waals surface area contributed by atoms with Gasteiger partial charge in [-0.2, -0.15) is 5.10 Å². The molecule has 1 aromatic rings. The van der Waals surface area contributed by atoms with Crippen LogP contribution in [-0.2, 0) is 4.74 Å². The third kappa shape index (κ3) is 1.87. The molecule has 0 saturated carbocycles. The minimum absolute atomic E-state index is 0.0124. The predicted octanol–water partition coefficient (Wildman–Crippen LogP) is 2.15. The van der Waals surface area contributed by atoms with Gasteiger partial charge in [-0.05, 0) is 25.3 Å². The zero-order valence-electron chi connectivity index (χ0n) is 7.22. The first-order valence-electron chi connectivity index (χ1n) is 4.38. The molecule has 1 atom stereocenters. The Hall–Kier alpha value is -0.520. The summed E-state index contributed by atoms with van der Waals surface area (Å²) in [4.78, 5) is 0. The maximum Gasteiger partial charge on any atom is 0.151 e. The third-order valence-corrected chi connectivity index (χ3v) is 2.67. The van der Waals surface area contributed by atoms with Crippen LogP contribution in [0.2, 0.25) is 0 Å². The van der Waals surface area contributed by atoms with Gasteiger partial charge in [0.25, 0.3) is 0 Å². The molecule has 1 fully saturated rings. The predicted molar refractivity (Wildman–Crippen MR) is 49.6 cm³/mol. The molecule has 1 N–H and O–H groups in total. The lowest BCUT2D eigenvalue weighted by Gasteiger charge is -2.23. The number of hydrogen-bond acceptors (Lipinski definition) is 4. The monoisotopic (exact) mass is 200 g/mol. The van der Waals surface area contributed by atoms with Gasteiger partial charge in [0.1, 0.15) is 5.03 Å². The molecule has 0 radical (unpaired) electrons. The molecule has 0 spiro atoms. The molecule has 1 aromatic heterocycles. The molecule has 1 aliphatic rings. The number of rotatable bonds is 2. The van der Waals surface area contributed by atoms with E-state index in [2.05, 4.69) is 5.10 Å². The third-order valence-electron chi connectivity index (χ3n) is 2.16. The standard InChI is InChI=1S/C8H12N2O2S/c11-13-8-4-5-9-10(8)7-3-1-2-6-12-7/h4-5,7,11H,1-3,6H2. The lowest BCUT2D eigenvalue weighted by atomic mass is 10.2. The topological polar surface area (TPSA) is 47.3 Å². The number of nitrogens with zero attached hydrogens (tertiary/aromatic N) is 2. The zero-order chi connectivity index (χ0) is 9.10. The average molecular weight is 200 g/mol. The van der Waals surface area contributed by atoms with Crippen molar-refractivity contribution in [3.63, 3.8) is 0 Å². The maximum absolute atomic E-state index is 8.94. The molecule has 2 heterocycles. The van der Waals surface area contributed by atoms with Gasteiger partial charge in [0.15, 0.2) is 6.23 Å². The van der Waals surface area contributed by atoms with E-state index in [4.69, 9.17) is 9.29 Å². The van der Waals surface area contributed by atoms with Crippen molar-refractivity contribution in [2.24, 2.45) is 0 Å². The van der Waals surface area contributed by atoms with Crippen LogP contribution in [0.3, 0.4) is 0 Å². The molecule has 1 aliphatic heterocycles. The van der Waals surface area contributed by atoms with Crippen molar-refractivity contribution in [2.45, 2.75) is 30.5 Å². The minimum atomic E-state index is 0.0124. The highest BCUT2D eigenvalue weighted by atomic mass is 32.2. The van der Waals surface area contributed by atoms with Crippen molar-refractivity contribution in [3.05, 3.63) is 12.3 Å². The van der Waals surface area contributed by atoms with Crippen molar-refractivity contribution in [2.75, 3.05) is 6.61 Å². The van der Waals surface area contributed by atoms with Gasteiger partial charge in [-0.1, -0.05) is 0 Å². The first-order valence-corrected chi connectivity index (χ1v) is 5.15. The molecule has 13 heavy (non-hydrogen) atoms. The molecule has 72 valence electrons. The number of ether oxygens (including phenoxy) is 1. The Bertz CT molecular complexity index is 271. The molecule has 0 bridgehead atoms. The largest absolute Gasteiger partial charge is 0.356 e. The van der Waals surface area contributed by atoms with E-state index in [0.29, 0.717) is 12.0 Å². The van der Waals surface area contributed by atoms with Crippen LogP contribution in [0.5, 0.6) is 0 Å². The minimum Gasteiger partial charge on any atom is -0.356 e. The molecule has 4 nitrogen and oxygen atoms in total. The quantitative estimate of drug-likeness (QED) is 0.743. The van der Waals surface area contributed by atoms with E-state index in [1.807, 2.05) is 0 Å². The lowest BCUT2D eigenvalue weighted by molar-refractivity contribution is -0.0447. The van der Waals surface area contributed by atoms with Crippen molar-refractivity contribution in [3.8, 4) is 0 Å². The van der Waals surface area contributed by atoms with E-state index in [9.17, 15) is 0 Å². The second-order valence-corrected chi connectivity index (χ2v) is 3.63. The van der Waals surface area contributed by atoms with E-state index >= 15 is 0 Å². The van der Waals surface area contributed by atoms with Crippen LogP contribution in [0, 0.1) is 0 Å². The average Bonchev–Trinajstić information content (AvgIpc) is 2.67. The zero-order valence-corrected chi connectivity index (χ0v) is 8.04.